The molecule has 0 saturated heterocycles. The van der Waals surface area contributed by atoms with Crippen molar-refractivity contribution < 1.29 is 9.66 Å². The van der Waals surface area contributed by atoms with Crippen LogP contribution >= 0.6 is 0 Å². The first-order valence-corrected chi connectivity index (χ1v) is 6.89. The van der Waals surface area contributed by atoms with Gasteiger partial charge in [0.1, 0.15) is 11.8 Å². The van der Waals surface area contributed by atoms with Crippen molar-refractivity contribution in [3.8, 4) is 11.8 Å². The number of rotatable bonds is 3. The molecule has 0 aliphatic heterocycles. The quantitative estimate of drug-likeness (QED) is 0.624. The highest BCUT2D eigenvalue weighted by molar-refractivity contribution is 5.48. The third kappa shape index (κ3) is 6.21. The van der Waals surface area contributed by atoms with Crippen molar-refractivity contribution in [1.29, 1.82) is 5.26 Å². The molecule has 0 amide bonds. The summed E-state index contributed by atoms with van der Waals surface area (Å²) in [6.07, 6.45) is 6.14. The molecule has 1 aromatic heterocycles. The molecule has 1 heterocycles. The first kappa shape index (κ1) is 16.9. The average molecular weight is 291 g/mol. The lowest BCUT2D eigenvalue weighted by molar-refractivity contribution is -0.386. The zero-order chi connectivity index (χ0) is 16.0. The van der Waals surface area contributed by atoms with Crippen LogP contribution in [0, 0.1) is 34.3 Å². The third-order valence-corrected chi connectivity index (χ3v) is 2.74. The molecular formula is C15H21N3O3. The second-order valence-electron chi connectivity index (χ2n) is 6.08. The Kier molecular flexibility index (Phi) is 5.65. The maximum absolute atomic E-state index is 10.7. The zero-order valence-corrected chi connectivity index (χ0v) is 12.9. The molecule has 0 bridgehead atoms. The smallest absolute Gasteiger partial charge is 0.329 e. The van der Waals surface area contributed by atoms with Gasteiger partial charge in [-0.3, -0.25) is 15.1 Å². The van der Waals surface area contributed by atoms with Crippen molar-refractivity contribution >= 4 is 5.69 Å². The van der Waals surface area contributed by atoms with E-state index in [1.54, 1.807) is 13.1 Å². The zero-order valence-electron chi connectivity index (χ0n) is 12.9. The average Bonchev–Trinajstić information content (AvgIpc) is 3.15. The van der Waals surface area contributed by atoms with Crippen molar-refractivity contribution in [3.05, 3.63) is 28.1 Å². The van der Waals surface area contributed by atoms with Crippen LogP contribution in [0.4, 0.5) is 5.69 Å². The molecule has 1 aliphatic carbocycles. The van der Waals surface area contributed by atoms with E-state index in [-0.39, 0.29) is 5.69 Å². The molecule has 0 N–H and O–H groups in total. The van der Waals surface area contributed by atoms with Crippen LogP contribution in [0.1, 0.15) is 45.6 Å². The lowest BCUT2D eigenvalue weighted by Gasteiger charge is -2.21. The summed E-state index contributed by atoms with van der Waals surface area (Å²) in [7, 11) is 0. The monoisotopic (exact) mass is 291 g/mol. The Bertz CT molecular complexity index is 540. The van der Waals surface area contributed by atoms with Crippen molar-refractivity contribution in [3.63, 3.8) is 0 Å². The minimum Gasteiger partial charge on any atom is -0.481 e. The van der Waals surface area contributed by atoms with Crippen LogP contribution in [-0.4, -0.2) is 15.5 Å². The number of hydrogen-bond donors (Lipinski definition) is 0. The number of aromatic nitrogens is 1. The van der Waals surface area contributed by atoms with E-state index < -0.39 is 10.5 Å². The summed E-state index contributed by atoms with van der Waals surface area (Å²) < 4.78 is 5.54. The fourth-order valence-electron chi connectivity index (χ4n) is 1.56. The molecule has 2 rings (SSSR count). The lowest BCUT2D eigenvalue weighted by Crippen LogP contribution is -2.24. The second kappa shape index (κ2) is 7.02. The van der Waals surface area contributed by atoms with E-state index in [0.717, 1.165) is 12.3 Å². The van der Waals surface area contributed by atoms with Crippen LogP contribution in [0.2, 0.25) is 0 Å². The first-order chi connectivity index (χ1) is 9.74. The first-order valence-electron chi connectivity index (χ1n) is 6.89. The number of hydrogen-bond acceptors (Lipinski definition) is 5. The van der Waals surface area contributed by atoms with E-state index in [1.165, 1.54) is 19.0 Å². The number of pyridine rings is 1. The molecule has 0 aromatic carbocycles. The van der Waals surface area contributed by atoms with E-state index in [1.807, 2.05) is 20.8 Å². The lowest BCUT2D eigenvalue weighted by atomic mass is 10.1. The van der Waals surface area contributed by atoms with Gasteiger partial charge in [-0.25, -0.2) is 0 Å². The minimum atomic E-state index is -0.485. The molecule has 1 saturated carbocycles. The summed E-state index contributed by atoms with van der Waals surface area (Å²) in [6.45, 7) is 7.27. The molecule has 0 radical (unpaired) electrons. The molecule has 21 heavy (non-hydrogen) atoms. The van der Waals surface area contributed by atoms with Gasteiger partial charge in [-0.15, -0.1) is 0 Å². The van der Waals surface area contributed by atoms with Crippen LogP contribution in [-0.2, 0) is 0 Å². The van der Waals surface area contributed by atoms with Gasteiger partial charge >= 0.3 is 5.69 Å². The number of nitriles is 1. The predicted octanol–water partition coefficient (Wildman–Crippen LogP) is 3.79. The van der Waals surface area contributed by atoms with E-state index in [9.17, 15) is 10.1 Å². The summed E-state index contributed by atoms with van der Waals surface area (Å²) in [5.74, 6) is 1.08. The Balaban J connectivity index is 0.000000304. The SMILES string of the molecule is Cc1cncc([N+](=O)[O-])c1OC(C)(C)C.N#CCC1CC1. The van der Waals surface area contributed by atoms with Gasteiger partial charge in [-0.1, -0.05) is 0 Å². The maximum Gasteiger partial charge on any atom is 0.329 e. The Morgan fingerprint density at radius 1 is 1.48 bits per heavy atom. The standard InChI is InChI=1S/C10H14N2O3.C5H7N/c1-7-5-11-6-8(12(13)14)9(7)15-10(2,3)4;6-4-3-5-1-2-5/h5-6H,1-4H3;5H,1-3H2. The fraction of sp³-hybridized carbons (Fsp3) is 0.600. The largest absolute Gasteiger partial charge is 0.481 e. The molecule has 1 aromatic rings. The normalized spacial score (nSPS) is 13.7. The number of nitro groups is 1. The molecule has 114 valence electrons. The minimum absolute atomic E-state index is 0.0927. The molecular weight excluding hydrogens is 270 g/mol. The van der Waals surface area contributed by atoms with Crippen LogP contribution < -0.4 is 4.74 Å². The molecule has 6 heteroatoms. The van der Waals surface area contributed by atoms with Crippen LogP contribution in [0.3, 0.4) is 0 Å². The Hall–Kier alpha value is -2.16. The van der Waals surface area contributed by atoms with Crippen molar-refractivity contribution in [2.45, 2.75) is 52.6 Å². The van der Waals surface area contributed by atoms with Crippen molar-refractivity contribution in [2.75, 3.05) is 0 Å². The van der Waals surface area contributed by atoms with Crippen LogP contribution in [0.25, 0.3) is 0 Å². The summed E-state index contributed by atoms with van der Waals surface area (Å²) in [5.41, 5.74) is 0.112. The van der Waals surface area contributed by atoms with Gasteiger partial charge in [-0.05, 0) is 46.5 Å². The Labute approximate surface area is 124 Å². The molecule has 6 nitrogen and oxygen atoms in total. The van der Waals surface area contributed by atoms with E-state index in [2.05, 4.69) is 11.1 Å². The van der Waals surface area contributed by atoms with Crippen molar-refractivity contribution in [2.24, 2.45) is 5.92 Å². The van der Waals surface area contributed by atoms with E-state index >= 15 is 0 Å². The summed E-state index contributed by atoms with van der Waals surface area (Å²) in [4.78, 5) is 14.0. The number of nitrogens with zero attached hydrogens (tertiary/aromatic N) is 3. The van der Waals surface area contributed by atoms with Gasteiger partial charge in [0, 0.05) is 18.2 Å². The molecule has 0 spiro atoms. The van der Waals surface area contributed by atoms with Gasteiger partial charge in [0.05, 0.1) is 11.0 Å². The summed E-state index contributed by atoms with van der Waals surface area (Å²) >= 11 is 0. The molecule has 0 atom stereocenters. The summed E-state index contributed by atoms with van der Waals surface area (Å²) in [5, 5.41) is 18.8. The number of aryl methyl sites for hydroxylation is 1. The second-order valence-corrected chi connectivity index (χ2v) is 6.08. The summed E-state index contributed by atoms with van der Waals surface area (Å²) in [6, 6.07) is 2.13. The van der Waals surface area contributed by atoms with Gasteiger partial charge in [0.2, 0.25) is 5.75 Å². The highest BCUT2D eigenvalue weighted by atomic mass is 16.6. The Morgan fingerprint density at radius 3 is 2.48 bits per heavy atom. The van der Waals surface area contributed by atoms with E-state index in [4.69, 9.17) is 10.00 Å². The fourth-order valence-corrected chi connectivity index (χ4v) is 1.56. The number of ether oxygens (including phenoxy) is 1. The predicted molar refractivity (Wildman–Crippen MR) is 79.0 cm³/mol. The van der Waals surface area contributed by atoms with Gasteiger partial charge in [-0.2, -0.15) is 5.26 Å². The van der Waals surface area contributed by atoms with Gasteiger partial charge < -0.3 is 4.74 Å². The van der Waals surface area contributed by atoms with E-state index in [0.29, 0.717) is 11.3 Å². The van der Waals surface area contributed by atoms with Crippen LogP contribution in [0.5, 0.6) is 5.75 Å². The van der Waals surface area contributed by atoms with Crippen molar-refractivity contribution in [1.82, 2.24) is 4.98 Å². The highest BCUT2D eigenvalue weighted by Crippen LogP contribution is 2.32. The Morgan fingerprint density at radius 2 is 2.10 bits per heavy atom. The molecule has 0 unspecified atom stereocenters. The molecule has 1 aliphatic rings. The van der Waals surface area contributed by atoms with Gasteiger partial charge in [0.25, 0.3) is 0 Å². The van der Waals surface area contributed by atoms with Crippen LogP contribution in [0.15, 0.2) is 12.4 Å². The van der Waals surface area contributed by atoms with Gasteiger partial charge in [0.15, 0.2) is 0 Å². The third-order valence-electron chi connectivity index (χ3n) is 2.74. The highest BCUT2D eigenvalue weighted by Gasteiger charge is 2.23. The maximum atomic E-state index is 10.7. The molecule has 1 fully saturated rings. The topological polar surface area (TPSA) is 89.1 Å².